The molecule has 7 saturated heterocycles. The summed E-state index contributed by atoms with van der Waals surface area (Å²) >= 11 is 36.8. The van der Waals surface area contributed by atoms with E-state index in [0.717, 1.165) is 46.0 Å². The van der Waals surface area contributed by atoms with Gasteiger partial charge in [0.05, 0.1) is 88.7 Å². The summed E-state index contributed by atoms with van der Waals surface area (Å²) in [5.74, 6) is -0.439. The Balaban J connectivity index is 0.630. The molecule has 15 heterocycles. The van der Waals surface area contributed by atoms with Crippen LogP contribution in [0.25, 0.3) is 11.2 Å². The van der Waals surface area contributed by atoms with Crippen molar-refractivity contribution in [3.63, 3.8) is 0 Å². The van der Waals surface area contributed by atoms with Crippen molar-refractivity contribution in [2.45, 2.75) is 222 Å². The molecule has 0 aliphatic carbocycles. The normalized spacial score (nSPS) is 29.5. The number of imidazole rings is 1. The molecule has 7 aliphatic heterocycles. The van der Waals surface area contributed by atoms with E-state index >= 15 is 0 Å². The molecule has 8 aromatic rings. The van der Waals surface area contributed by atoms with Crippen LogP contribution in [0, 0.1) is 41.5 Å². The van der Waals surface area contributed by atoms with Crippen molar-refractivity contribution in [2.24, 2.45) is 0 Å². The third-order valence-electron chi connectivity index (χ3n) is 23.2. The number of aryl methyl sites for hydroxylation is 6. The molecule has 72 heteroatoms. The number of hydrogen-bond donors (Lipinski definition) is 16. The van der Waals surface area contributed by atoms with E-state index in [2.05, 4.69) is 57.1 Å². The summed E-state index contributed by atoms with van der Waals surface area (Å²) in [6.07, 6.45) is -22.7. The molecule has 0 saturated carbocycles. The lowest BCUT2D eigenvalue weighted by molar-refractivity contribution is -0.0577. The van der Waals surface area contributed by atoms with Gasteiger partial charge in [0.1, 0.15) is 92.1 Å². The van der Waals surface area contributed by atoms with Crippen LogP contribution in [0.4, 0.5) is 11.8 Å². The van der Waals surface area contributed by atoms with Crippen LogP contribution in [0.3, 0.4) is 0 Å². The van der Waals surface area contributed by atoms with Crippen LogP contribution in [0.2, 0.25) is 0 Å². The fraction of sp³-hybridized carbons (Fsp3) is 0.586. The lowest BCUT2D eigenvalue weighted by atomic mass is 10.2. The predicted octanol–water partition coefficient (Wildman–Crippen LogP) is -0.698. The molecule has 142 heavy (non-hydrogen) atoms. The van der Waals surface area contributed by atoms with Crippen LogP contribution in [0.1, 0.15) is 129 Å². The molecule has 7 aliphatic rings. The van der Waals surface area contributed by atoms with E-state index in [0.29, 0.717) is 0 Å². The molecule has 0 radical (unpaired) electrons. The fourth-order valence-corrected chi connectivity index (χ4v) is 26.1. The maximum Gasteiger partial charge on any atom is 0.386 e. The Morgan fingerprint density at radius 3 is 0.937 bits per heavy atom. The predicted molar refractivity (Wildman–Crippen MR) is 514 cm³/mol. The van der Waals surface area contributed by atoms with Crippen LogP contribution >= 0.6 is 59.4 Å². The van der Waals surface area contributed by atoms with Crippen molar-refractivity contribution < 1.29 is 131 Å². The summed E-state index contributed by atoms with van der Waals surface area (Å²) in [7, 11) is 0. The van der Waals surface area contributed by atoms with Crippen LogP contribution in [-0.4, -0.2) is 236 Å². The number of H-pyrrole nitrogens is 6. The number of aromatic amines is 6. The highest BCUT2D eigenvalue weighted by Crippen LogP contribution is 2.60. The van der Waals surface area contributed by atoms with E-state index in [4.69, 9.17) is 174 Å². The highest BCUT2D eigenvalue weighted by atomic mass is 32.7. The Labute approximate surface area is 830 Å². The minimum Gasteiger partial charge on any atom is -0.383 e. The Morgan fingerprint density at radius 2 is 0.620 bits per heavy atom. The third-order valence-corrected chi connectivity index (χ3v) is 33.6. The van der Waals surface area contributed by atoms with Gasteiger partial charge in [0.25, 0.3) is 33.4 Å². The molecule has 780 valence electrons. The highest BCUT2D eigenvalue weighted by molar-refractivity contribution is 8.44. The number of fused-ring (bicyclic) bond motifs is 1. The molecule has 17 N–H and O–H groups in total. The van der Waals surface area contributed by atoms with Crippen molar-refractivity contribution in [1.82, 2.24) is 76.8 Å². The van der Waals surface area contributed by atoms with Crippen LogP contribution in [-0.2, 0) is 167 Å². The number of thiol groups is 1. The number of anilines is 2. The van der Waals surface area contributed by atoms with Crippen LogP contribution in [0.15, 0.2) is 101 Å². The molecule has 7 fully saturated rings. The minimum atomic E-state index is -4.83. The zero-order valence-corrected chi connectivity index (χ0v) is 86.7. The van der Waals surface area contributed by atoms with E-state index in [1.807, 2.05) is 0 Å². The van der Waals surface area contributed by atoms with Gasteiger partial charge in [-0.3, -0.25) is 99.7 Å². The largest absolute Gasteiger partial charge is 0.386 e. The van der Waals surface area contributed by atoms with Crippen molar-refractivity contribution >= 4 is 153 Å². The van der Waals surface area contributed by atoms with Gasteiger partial charge in [0.15, 0.2) is 11.2 Å². The summed E-state index contributed by atoms with van der Waals surface area (Å²) in [6.45, 7) is -27.5. The maximum absolute atomic E-state index is 14.7. The Hall–Kier alpha value is -6.37. The van der Waals surface area contributed by atoms with Gasteiger partial charge in [-0.1, -0.05) is 12.2 Å². The molecule has 0 amide bonds. The minimum absolute atomic E-state index is 0.0134. The van der Waals surface area contributed by atoms with Gasteiger partial charge >= 0.3 is 81.2 Å². The molecule has 6 unspecified atom stereocenters. The van der Waals surface area contributed by atoms with Crippen molar-refractivity contribution in [1.29, 1.82) is 0 Å². The number of ether oxygens (including phenoxy) is 7. The number of nitrogen functional groups attached to an aromatic ring is 2. The molecule has 58 nitrogen and oxygen atoms in total. The molecule has 0 aromatic carbocycles. The smallest absolute Gasteiger partial charge is 0.383 e. The van der Waals surface area contributed by atoms with Crippen molar-refractivity contribution in [3.8, 4) is 0 Å². The second-order valence-corrected chi connectivity index (χ2v) is 52.9. The van der Waals surface area contributed by atoms with E-state index in [1.165, 1.54) is 71.0 Å². The van der Waals surface area contributed by atoms with Gasteiger partial charge < -0.3 is 129 Å². The van der Waals surface area contributed by atoms with E-state index in [1.54, 1.807) is 6.92 Å². The molecular weight excluding hydrogens is 2170 g/mol. The number of nitrogens with one attached hydrogen (secondary N) is 6. The van der Waals surface area contributed by atoms with Crippen LogP contribution < -0.4 is 79.0 Å². The second-order valence-electron chi connectivity index (χ2n) is 33.5. The van der Waals surface area contributed by atoms with Gasteiger partial charge in [0, 0.05) is 116 Å². The Kier molecular flexibility index (Phi) is 33.8. The summed E-state index contributed by atoms with van der Waals surface area (Å²) in [6, 6.07) is 0. The molecule has 0 spiro atoms. The van der Waals surface area contributed by atoms with E-state index in [9.17, 15) is 96.4 Å². The standard InChI is InChI=1S/C70H93N18O40P7S7/c1-28-15-82(65(95)74-56(28)71)49-10-37(44(116-49)23-111-133(106,140)127-40-13-52(86-19-32(5)61(92)80-69(86)99)120-47(40)26-113-134(107,141)126-38-11-50(84-17-30(3)59(90)78-67(84)97)117-43(38)22-109-130(103,137)123-35-8-48(115-34(35)7)83-16-29(2)58(89)77-66(83)96)124-132(105,139)112-25-46-41(14-53(119-46)87-20-33(6)62(93)81-70(87)100)128-135(108,142)114-24-45-39(12-51(118-45)85-18-31(4)60(91)79-68(85)98)125-131(104,138)110-21-42-36(122-129(101,102)136)9-54(121-42)88-27-73-55-57(88)75-64(72)76-63(55)94/h15-20,27,34-54H,8-14,21-26H2,1-7H3,(H,103,137)(H,104,138)(H,105,139)(H,106,140)(H,107,141)(H,108,142)(H2,71,74,95)(H,77,89,96)(H,78,90,97)(H,79,91,98)(H,80,92,99)(H,81,93,100)(H2,101,102,136)(H3,72,75,76,94)/t34-,35-,36-,37-,38-,39-,40-,41-,42-,43-,44-,45-,46-,47-,48-,49-,50-,51-,52-,53-,54-,130?,131?,132?,133?,134?,135?/m1/s1. The maximum atomic E-state index is 14.7. The lowest BCUT2D eigenvalue weighted by Gasteiger charge is -2.28. The van der Waals surface area contributed by atoms with Crippen molar-refractivity contribution in [3.05, 3.63) is 202 Å². The zero-order chi connectivity index (χ0) is 103. The molecule has 15 rings (SSSR count). The highest BCUT2D eigenvalue weighted by Gasteiger charge is 2.52. The van der Waals surface area contributed by atoms with Gasteiger partial charge in [-0.15, -0.1) is 0 Å². The monoisotopic (exact) mass is 2270 g/mol. The summed E-state index contributed by atoms with van der Waals surface area (Å²) in [5.41, 5.74) is 2.26. The molecule has 0 bridgehead atoms. The Bertz CT molecular complexity index is 7340. The molecular formula is C70H93N18O40P7S7. The lowest BCUT2D eigenvalue weighted by Crippen LogP contribution is -2.33. The Morgan fingerprint density at radius 1 is 0.359 bits per heavy atom. The van der Waals surface area contributed by atoms with Gasteiger partial charge in [-0.2, -0.15) is 9.97 Å². The quantitative estimate of drug-likeness (QED) is 0.0167. The van der Waals surface area contributed by atoms with E-state index < -0.39 is 303 Å². The summed E-state index contributed by atoms with van der Waals surface area (Å²) < 4.78 is 143. The first-order chi connectivity index (χ1) is 66.4. The third kappa shape index (κ3) is 26.5. The number of nitrogens with two attached hydrogens (primary N) is 2. The first-order valence-electron chi connectivity index (χ1n) is 42.3. The van der Waals surface area contributed by atoms with Crippen LogP contribution in [0.5, 0.6) is 0 Å². The van der Waals surface area contributed by atoms with Gasteiger partial charge in [-0.05, 0) is 119 Å². The second kappa shape index (κ2) is 43.7. The summed E-state index contributed by atoms with van der Waals surface area (Å²) in [4.78, 5) is 261. The van der Waals surface area contributed by atoms with E-state index in [-0.39, 0.29) is 82.0 Å². The topological polar surface area (TPSA) is 768 Å². The fourth-order valence-electron chi connectivity index (χ4n) is 16.2. The molecule has 8 aromatic heterocycles. The number of aromatic nitrogens is 16. The first kappa shape index (κ1) is 110. The average Bonchev–Trinajstić information content (AvgIpc) is 2.00. The van der Waals surface area contributed by atoms with Gasteiger partial charge in [0.2, 0.25) is 5.95 Å². The number of rotatable bonds is 39. The zero-order valence-electron chi connectivity index (χ0n) is 74.6. The number of nitrogens with zero attached hydrogens (tertiary/aromatic N) is 10. The molecule has 27 atom stereocenters. The van der Waals surface area contributed by atoms with Crippen molar-refractivity contribution in [2.75, 3.05) is 51.1 Å². The summed E-state index contributed by atoms with van der Waals surface area (Å²) in [5, 5.41) is 0. The number of hydrogen-bond acceptors (Lipinski definition) is 44. The SMILES string of the molecule is Cc1cn([C@H]2C[C@@H](OP(O)(=S)OC[C@H]3O[C@@H](n4cc(C)c(=O)[nH]c4=O)C[C@H]3OP(O)(=S)OC[C@H]3O[C@@H](n4cc(C)c(=O)[nH]c4=O)C[C@H]3OP(O)(=S)OC[C@H]3O[C@@H](n4cnc5c(=O)[nH]c(N)nc54)C[C@H]3OP(O)(O)=S)[C@@H](COP(O)(=S)O[C@@H]3C[C@H](n4cc(C)c(=O)[nH]c4=O)O[C@@H]3COP(=O)(S)O[C@@H]3C[C@H](n4cc(C)c(=O)[nH]c4=O)O[C@@H]3COP(O)(=S)O[C@@H]3C[C@H](n4cc(C)c(=O)[nH]c4=O)O[C@@H]3C)O2)c(=O)nc1N. The first-order valence-corrected chi connectivity index (χ1v) is 60.6. The average molecular weight is 2270 g/mol. The van der Waals surface area contributed by atoms with Gasteiger partial charge in [-0.25, -0.2) is 38.3 Å².